The molecule has 0 amide bonds. The summed E-state index contributed by atoms with van der Waals surface area (Å²) < 4.78 is 27.7. The Morgan fingerprint density at radius 2 is 2.10 bits per heavy atom. The molecule has 0 aliphatic heterocycles. The van der Waals surface area contributed by atoms with Crippen LogP contribution < -0.4 is 10.5 Å². The van der Waals surface area contributed by atoms with E-state index in [0.29, 0.717) is 11.4 Å². The van der Waals surface area contributed by atoms with E-state index in [-0.39, 0.29) is 21.6 Å². The number of thiophene rings is 1. The maximum atomic E-state index is 12.5. The SMILES string of the molecule is CCC(NS(=O)(=O)c1c(N)cc(Cl)cc1Cl)c1cccs1. The van der Waals surface area contributed by atoms with Gasteiger partial charge < -0.3 is 5.73 Å². The maximum absolute atomic E-state index is 12.5. The molecule has 0 fully saturated rings. The summed E-state index contributed by atoms with van der Waals surface area (Å²) in [5, 5.41) is 2.20. The van der Waals surface area contributed by atoms with Gasteiger partial charge in [-0.15, -0.1) is 11.3 Å². The van der Waals surface area contributed by atoms with E-state index in [4.69, 9.17) is 28.9 Å². The van der Waals surface area contributed by atoms with Gasteiger partial charge in [-0.05, 0) is 30.0 Å². The summed E-state index contributed by atoms with van der Waals surface area (Å²) in [6.07, 6.45) is 0.616. The third kappa shape index (κ3) is 3.70. The lowest BCUT2D eigenvalue weighted by Crippen LogP contribution is -2.28. The average Bonchev–Trinajstić information content (AvgIpc) is 2.87. The molecule has 0 aliphatic carbocycles. The molecular weight excluding hydrogens is 351 g/mol. The molecule has 1 aromatic heterocycles. The third-order valence-corrected chi connectivity index (χ3v) is 6.10. The summed E-state index contributed by atoms with van der Waals surface area (Å²) in [6.45, 7) is 1.90. The molecule has 2 aromatic rings. The fraction of sp³-hybridized carbons (Fsp3) is 0.231. The lowest BCUT2D eigenvalue weighted by Gasteiger charge is -2.17. The third-order valence-electron chi connectivity index (χ3n) is 2.90. The van der Waals surface area contributed by atoms with Crippen LogP contribution in [-0.2, 0) is 10.0 Å². The fourth-order valence-corrected chi connectivity index (χ4v) is 5.16. The molecule has 0 aliphatic rings. The Kier molecular flexibility index (Phi) is 5.16. The van der Waals surface area contributed by atoms with Crippen LogP contribution in [0.5, 0.6) is 0 Å². The Hall–Kier alpha value is -0.790. The van der Waals surface area contributed by atoms with Crippen molar-refractivity contribution in [3.63, 3.8) is 0 Å². The number of halogens is 2. The first-order chi connectivity index (χ1) is 9.85. The zero-order valence-electron chi connectivity index (χ0n) is 11.1. The largest absolute Gasteiger partial charge is 0.398 e. The minimum Gasteiger partial charge on any atom is -0.398 e. The highest BCUT2D eigenvalue weighted by molar-refractivity contribution is 7.89. The number of hydrogen-bond acceptors (Lipinski definition) is 4. The summed E-state index contributed by atoms with van der Waals surface area (Å²) in [7, 11) is -3.83. The van der Waals surface area contributed by atoms with Crippen molar-refractivity contribution in [3.8, 4) is 0 Å². The van der Waals surface area contributed by atoms with Crippen LogP contribution in [0.25, 0.3) is 0 Å². The van der Waals surface area contributed by atoms with Crippen LogP contribution in [0.1, 0.15) is 24.3 Å². The Balaban J connectivity index is 2.39. The summed E-state index contributed by atoms with van der Waals surface area (Å²) in [5.74, 6) is 0. The van der Waals surface area contributed by atoms with Crippen LogP contribution >= 0.6 is 34.5 Å². The molecule has 1 aromatic carbocycles. The predicted octanol–water partition coefficient (Wildman–Crippen LogP) is 4.07. The van der Waals surface area contributed by atoms with Crippen molar-refractivity contribution in [1.82, 2.24) is 4.72 Å². The number of anilines is 1. The van der Waals surface area contributed by atoms with Gasteiger partial charge in [-0.1, -0.05) is 36.2 Å². The van der Waals surface area contributed by atoms with E-state index < -0.39 is 10.0 Å². The smallest absolute Gasteiger partial charge is 0.244 e. The molecule has 114 valence electrons. The molecule has 2 rings (SSSR count). The van der Waals surface area contributed by atoms with Crippen LogP contribution in [0, 0.1) is 0 Å². The fourth-order valence-electron chi connectivity index (χ4n) is 1.94. The molecular formula is C13H14Cl2N2O2S2. The Bertz CT molecular complexity index is 708. The average molecular weight is 365 g/mol. The highest BCUT2D eigenvalue weighted by Crippen LogP contribution is 2.33. The number of rotatable bonds is 5. The number of benzene rings is 1. The van der Waals surface area contributed by atoms with Crippen molar-refractivity contribution in [2.75, 3.05) is 5.73 Å². The van der Waals surface area contributed by atoms with Gasteiger partial charge >= 0.3 is 0 Å². The van der Waals surface area contributed by atoms with Gasteiger partial charge in [0.15, 0.2) is 0 Å². The Morgan fingerprint density at radius 3 is 2.62 bits per heavy atom. The minimum absolute atomic E-state index is 0.00790. The number of hydrogen-bond donors (Lipinski definition) is 2. The normalized spacial score (nSPS) is 13.3. The van der Waals surface area contributed by atoms with E-state index in [1.165, 1.54) is 23.5 Å². The van der Waals surface area contributed by atoms with E-state index in [9.17, 15) is 8.42 Å². The second-order valence-electron chi connectivity index (χ2n) is 4.40. The van der Waals surface area contributed by atoms with Gasteiger partial charge in [0, 0.05) is 9.90 Å². The van der Waals surface area contributed by atoms with Crippen LogP contribution in [0.2, 0.25) is 10.0 Å². The van der Waals surface area contributed by atoms with E-state index in [1.54, 1.807) is 0 Å². The minimum atomic E-state index is -3.83. The summed E-state index contributed by atoms with van der Waals surface area (Å²) >= 11 is 13.3. The van der Waals surface area contributed by atoms with Crippen LogP contribution in [0.4, 0.5) is 5.69 Å². The molecule has 8 heteroatoms. The second kappa shape index (κ2) is 6.54. The zero-order chi connectivity index (χ0) is 15.6. The number of nitrogen functional groups attached to an aromatic ring is 1. The van der Waals surface area contributed by atoms with Crippen LogP contribution in [-0.4, -0.2) is 8.42 Å². The molecule has 4 nitrogen and oxygen atoms in total. The van der Waals surface area contributed by atoms with E-state index in [2.05, 4.69) is 4.72 Å². The quantitative estimate of drug-likeness (QED) is 0.785. The first kappa shape index (κ1) is 16.6. The molecule has 0 spiro atoms. The van der Waals surface area contributed by atoms with Gasteiger partial charge in [-0.25, -0.2) is 13.1 Å². The predicted molar refractivity (Wildman–Crippen MR) is 88.5 cm³/mol. The highest BCUT2D eigenvalue weighted by atomic mass is 35.5. The van der Waals surface area contributed by atoms with Crippen LogP contribution in [0.15, 0.2) is 34.5 Å². The standard InChI is InChI=1S/C13H14Cl2N2O2S2/c1-2-11(12-4-3-5-20-12)17-21(18,19)13-9(15)6-8(14)7-10(13)16/h3-7,11,17H,2,16H2,1H3. The van der Waals surface area contributed by atoms with E-state index in [1.807, 2.05) is 24.4 Å². The van der Waals surface area contributed by atoms with Gasteiger partial charge in [-0.3, -0.25) is 0 Å². The first-order valence-corrected chi connectivity index (χ1v) is 9.27. The van der Waals surface area contributed by atoms with E-state index >= 15 is 0 Å². The molecule has 0 bridgehead atoms. The molecule has 1 heterocycles. The van der Waals surface area contributed by atoms with Crippen molar-refractivity contribution >= 4 is 50.2 Å². The van der Waals surface area contributed by atoms with Gasteiger partial charge in [0.1, 0.15) is 4.90 Å². The maximum Gasteiger partial charge on any atom is 0.244 e. The summed E-state index contributed by atoms with van der Waals surface area (Å²) in [4.78, 5) is 0.799. The van der Waals surface area contributed by atoms with Crippen molar-refractivity contribution in [3.05, 3.63) is 44.6 Å². The van der Waals surface area contributed by atoms with Crippen molar-refractivity contribution in [2.45, 2.75) is 24.3 Å². The van der Waals surface area contributed by atoms with Crippen LogP contribution in [0.3, 0.4) is 0 Å². The van der Waals surface area contributed by atoms with Gasteiger partial charge in [0.25, 0.3) is 0 Å². The number of nitrogens with one attached hydrogen (secondary N) is 1. The van der Waals surface area contributed by atoms with Crippen molar-refractivity contribution in [1.29, 1.82) is 0 Å². The van der Waals surface area contributed by atoms with Crippen molar-refractivity contribution in [2.24, 2.45) is 0 Å². The summed E-state index contributed by atoms with van der Waals surface area (Å²) in [6, 6.07) is 6.17. The highest BCUT2D eigenvalue weighted by Gasteiger charge is 2.25. The number of sulfonamides is 1. The Morgan fingerprint density at radius 1 is 1.38 bits per heavy atom. The monoisotopic (exact) mass is 364 g/mol. The van der Waals surface area contributed by atoms with Crippen molar-refractivity contribution < 1.29 is 8.42 Å². The molecule has 21 heavy (non-hydrogen) atoms. The molecule has 0 saturated heterocycles. The Labute approximate surface area is 137 Å². The molecule has 0 saturated carbocycles. The van der Waals surface area contributed by atoms with Gasteiger partial charge in [0.2, 0.25) is 10.0 Å². The lowest BCUT2D eigenvalue weighted by atomic mass is 10.2. The lowest BCUT2D eigenvalue weighted by molar-refractivity contribution is 0.553. The zero-order valence-corrected chi connectivity index (χ0v) is 14.3. The van der Waals surface area contributed by atoms with Gasteiger partial charge in [-0.2, -0.15) is 0 Å². The van der Waals surface area contributed by atoms with Gasteiger partial charge in [0.05, 0.1) is 16.8 Å². The number of nitrogens with two attached hydrogens (primary N) is 1. The topological polar surface area (TPSA) is 72.2 Å². The molecule has 1 atom stereocenters. The van der Waals surface area contributed by atoms with E-state index in [0.717, 1.165) is 4.88 Å². The molecule has 3 N–H and O–H groups in total. The second-order valence-corrected chi connectivity index (χ2v) is 7.88. The molecule has 0 radical (unpaired) electrons. The summed E-state index contributed by atoms with van der Waals surface area (Å²) in [5.41, 5.74) is 5.79. The first-order valence-electron chi connectivity index (χ1n) is 6.15. The molecule has 1 unspecified atom stereocenters.